The van der Waals surface area contributed by atoms with Crippen LogP contribution in [0.2, 0.25) is 0 Å². The Hall–Kier alpha value is -1.46. The summed E-state index contributed by atoms with van der Waals surface area (Å²) >= 11 is 0. The molecule has 0 saturated carbocycles. The molecule has 3 rings (SSSR count). The first-order valence-corrected chi connectivity index (χ1v) is 8.88. The van der Waals surface area contributed by atoms with Crippen molar-refractivity contribution in [3.63, 3.8) is 0 Å². The molecule has 2 fully saturated rings. The van der Waals surface area contributed by atoms with Gasteiger partial charge in [-0.2, -0.15) is 0 Å². The van der Waals surface area contributed by atoms with E-state index in [4.69, 9.17) is 9.47 Å². The summed E-state index contributed by atoms with van der Waals surface area (Å²) in [4.78, 5) is 15.1. The van der Waals surface area contributed by atoms with E-state index in [0.29, 0.717) is 11.5 Å². The summed E-state index contributed by atoms with van der Waals surface area (Å²) in [5, 5.41) is 0. The van der Waals surface area contributed by atoms with Crippen molar-refractivity contribution in [1.82, 2.24) is 4.90 Å². The molecule has 0 N–H and O–H groups in total. The van der Waals surface area contributed by atoms with Crippen molar-refractivity contribution in [2.24, 2.45) is 5.92 Å². The number of amides is 1. The van der Waals surface area contributed by atoms with Gasteiger partial charge in [0.2, 0.25) is 0 Å². The molecule has 2 atom stereocenters. The minimum atomic E-state index is -0.869. The van der Waals surface area contributed by atoms with E-state index in [0.717, 1.165) is 51.9 Å². The molecular weight excluding hydrogens is 309 g/mol. The van der Waals surface area contributed by atoms with Crippen LogP contribution in [-0.4, -0.2) is 43.7 Å². The van der Waals surface area contributed by atoms with Crippen LogP contribution in [0.4, 0.5) is 4.39 Å². The van der Waals surface area contributed by atoms with Crippen LogP contribution < -0.4 is 0 Å². The first-order valence-electron chi connectivity index (χ1n) is 8.88. The van der Waals surface area contributed by atoms with Gasteiger partial charge >= 0.3 is 0 Å². The number of nitrogens with zero attached hydrogens (tertiary/aromatic N) is 1. The van der Waals surface area contributed by atoms with Crippen molar-refractivity contribution in [3.05, 3.63) is 35.6 Å². The van der Waals surface area contributed by atoms with Gasteiger partial charge in [-0.25, -0.2) is 4.39 Å². The molecule has 0 aromatic heterocycles. The minimum absolute atomic E-state index is 0.112. The molecule has 2 aliphatic rings. The quantitative estimate of drug-likeness (QED) is 0.847. The summed E-state index contributed by atoms with van der Waals surface area (Å²) in [5.41, 5.74) is 0.321. The van der Waals surface area contributed by atoms with Crippen molar-refractivity contribution in [2.75, 3.05) is 26.9 Å². The van der Waals surface area contributed by atoms with Gasteiger partial charge in [-0.3, -0.25) is 4.79 Å². The average molecular weight is 335 g/mol. The molecule has 2 aliphatic heterocycles. The number of piperidine rings is 1. The molecule has 2 saturated heterocycles. The van der Waals surface area contributed by atoms with Crippen molar-refractivity contribution in [2.45, 2.75) is 44.2 Å². The molecule has 24 heavy (non-hydrogen) atoms. The summed E-state index contributed by atoms with van der Waals surface area (Å²) in [6.07, 6.45) is 4.27. The molecule has 1 aromatic carbocycles. The third-order valence-corrected chi connectivity index (χ3v) is 5.29. The van der Waals surface area contributed by atoms with Gasteiger partial charge < -0.3 is 14.4 Å². The van der Waals surface area contributed by atoms with Crippen LogP contribution in [0.5, 0.6) is 0 Å². The fourth-order valence-electron chi connectivity index (χ4n) is 4.02. The number of methoxy groups -OCH3 is 1. The average Bonchev–Trinajstić information content (AvgIpc) is 2.64. The molecule has 2 heterocycles. The monoisotopic (exact) mass is 335 g/mol. The molecule has 5 heteroatoms. The first kappa shape index (κ1) is 17.4. The first-order chi connectivity index (χ1) is 11.7. The Labute approximate surface area is 142 Å². The maximum absolute atomic E-state index is 14.1. The number of hydrogen-bond acceptors (Lipinski definition) is 3. The van der Waals surface area contributed by atoms with E-state index in [2.05, 4.69) is 0 Å². The third-order valence-electron chi connectivity index (χ3n) is 5.29. The zero-order valence-corrected chi connectivity index (χ0v) is 14.2. The number of carbonyl (C=O) groups excluding carboxylic acids is 1. The zero-order valence-electron chi connectivity index (χ0n) is 14.2. The molecular formula is C19H26FNO3. The van der Waals surface area contributed by atoms with E-state index in [-0.39, 0.29) is 11.9 Å². The second-order valence-corrected chi connectivity index (χ2v) is 6.68. The molecule has 2 unspecified atom stereocenters. The summed E-state index contributed by atoms with van der Waals surface area (Å²) in [5.74, 6) is -0.0303. The molecule has 4 nitrogen and oxygen atoms in total. The van der Waals surface area contributed by atoms with Crippen molar-refractivity contribution in [3.8, 4) is 0 Å². The number of rotatable bonds is 4. The maximum Gasteiger partial charge on any atom is 0.256 e. The normalized spacial score (nSPS) is 23.9. The summed E-state index contributed by atoms with van der Waals surface area (Å²) in [6.45, 7) is 2.27. The Kier molecular flexibility index (Phi) is 5.85. The highest BCUT2D eigenvalue weighted by Crippen LogP contribution is 2.33. The second kappa shape index (κ2) is 8.08. The Morgan fingerprint density at radius 2 is 2.00 bits per heavy atom. The third kappa shape index (κ3) is 3.62. The molecule has 1 amide bonds. The van der Waals surface area contributed by atoms with Gasteiger partial charge in [-0.1, -0.05) is 18.2 Å². The van der Waals surface area contributed by atoms with Gasteiger partial charge in [0, 0.05) is 38.5 Å². The van der Waals surface area contributed by atoms with Gasteiger partial charge in [0.15, 0.2) is 6.10 Å². The van der Waals surface area contributed by atoms with Gasteiger partial charge in [0.1, 0.15) is 5.82 Å². The van der Waals surface area contributed by atoms with Gasteiger partial charge in [0.25, 0.3) is 5.91 Å². The standard InChI is InChI=1S/C19H26FNO3/c1-23-18(15-6-2-3-7-16(15)20)19(22)21-11-5-4-8-17(21)14-9-12-24-13-10-14/h2-3,6-7,14,17-18H,4-5,8-13H2,1H3. The van der Waals surface area contributed by atoms with Gasteiger partial charge in [-0.05, 0) is 44.1 Å². The molecule has 1 aromatic rings. The van der Waals surface area contributed by atoms with Crippen molar-refractivity contribution < 1.29 is 18.7 Å². The number of benzene rings is 1. The summed E-state index contributed by atoms with van der Waals surface area (Å²) in [7, 11) is 1.47. The van der Waals surface area contributed by atoms with Crippen LogP contribution in [-0.2, 0) is 14.3 Å². The van der Waals surface area contributed by atoms with E-state index in [1.165, 1.54) is 13.2 Å². The van der Waals surface area contributed by atoms with Crippen LogP contribution in [0.1, 0.15) is 43.8 Å². The Morgan fingerprint density at radius 1 is 1.25 bits per heavy atom. The van der Waals surface area contributed by atoms with Crippen LogP contribution in [0.15, 0.2) is 24.3 Å². The molecule has 0 spiro atoms. The number of carbonyl (C=O) groups is 1. The number of likely N-dealkylation sites (tertiary alicyclic amines) is 1. The lowest BCUT2D eigenvalue weighted by Crippen LogP contribution is -2.50. The highest BCUT2D eigenvalue weighted by atomic mass is 19.1. The fourth-order valence-corrected chi connectivity index (χ4v) is 4.02. The number of halogens is 1. The van der Waals surface area contributed by atoms with Gasteiger partial charge in [-0.15, -0.1) is 0 Å². The highest BCUT2D eigenvalue weighted by molar-refractivity contribution is 5.83. The Morgan fingerprint density at radius 3 is 2.71 bits per heavy atom. The zero-order chi connectivity index (χ0) is 16.9. The van der Waals surface area contributed by atoms with E-state index >= 15 is 0 Å². The molecule has 132 valence electrons. The Balaban J connectivity index is 1.80. The highest BCUT2D eigenvalue weighted by Gasteiger charge is 2.37. The van der Waals surface area contributed by atoms with Crippen LogP contribution in [0.25, 0.3) is 0 Å². The van der Waals surface area contributed by atoms with E-state index in [1.807, 2.05) is 4.90 Å². The molecule has 0 aliphatic carbocycles. The maximum atomic E-state index is 14.1. The smallest absolute Gasteiger partial charge is 0.256 e. The lowest BCUT2D eigenvalue weighted by Gasteiger charge is -2.43. The summed E-state index contributed by atoms with van der Waals surface area (Å²) in [6, 6.07) is 6.60. The predicted molar refractivity (Wildman–Crippen MR) is 89.0 cm³/mol. The SMILES string of the molecule is COC(C(=O)N1CCCCC1C1CCOCC1)c1ccccc1F. The molecule has 0 bridgehead atoms. The predicted octanol–water partition coefficient (Wildman–Crippen LogP) is 3.32. The van der Waals surface area contributed by atoms with Crippen molar-refractivity contribution >= 4 is 5.91 Å². The second-order valence-electron chi connectivity index (χ2n) is 6.68. The number of ether oxygens (including phenoxy) is 2. The topological polar surface area (TPSA) is 38.8 Å². The van der Waals surface area contributed by atoms with Crippen LogP contribution in [0.3, 0.4) is 0 Å². The summed E-state index contributed by atoms with van der Waals surface area (Å²) < 4.78 is 25.0. The Bertz CT molecular complexity index is 559. The minimum Gasteiger partial charge on any atom is -0.381 e. The fraction of sp³-hybridized carbons (Fsp3) is 0.632. The van der Waals surface area contributed by atoms with Crippen LogP contribution >= 0.6 is 0 Å². The van der Waals surface area contributed by atoms with Crippen molar-refractivity contribution in [1.29, 1.82) is 0 Å². The molecule has 0 radical (unpaired) electrons. The van der Waals surface area contributed by atoms with E-state index < -0.39 is 11.9 Å². The lowest BCUT2D eigenvalue weighted by molar-refractivity contribution is -0.149. The van der Waals surface area contributed by atoms with Gasteiger partial charge in [0.05, 0.1) is 0 Å². The van der Waals surface area contributed by atoms with E-state index in [1.54, 1.807) is 18.2 Å². The van der Waals surface area contributed by atoms with E-state index in [9.17, 15) is 9.18 Å². The lowest BCUT2D eigenvalue weighted by atomic mass is 9.84. The van der Waals surface area contributed by atoms with Crippen LogP contribution in [0, 0.1) is 11.7 Å². The number of hydrogen-bond donors (Lipinski definition) is 0. The largest absolute Gasteiger partial charge is 0.381 e.